The van der Waals surface area contributed by atoms with Gasteiger partial charge in [0.15, 0.2) is 0 Å². The molecule has 0 atom stereocenters. The molecule has 0 spiro atoms. The van der Waals surface area contributed by atoms with E-state index in [0.29, 0.717) is 22.0 Å². The number of sulfonamides is 1. The van der Waals surface area contributed by atoms with Crippen molar-refractivity contribution >= 4 is 21.6 Å². The summed E-state index contributed by atoms with van der Waals surface area (Å²) in [6, 6.07) is 12.2. The first kappa shape index (κ1) is 17.5. The SMILES string of the molecule is O=S(=O)(Cc1ccc(F)cc1)NCc1nc(-c2cccc(Cl)c2)no1. The third kappa shape index (κ3) is 4.85. The highest BCUT2D eigenvalue weighted by Gasteiger charge is 2.15. The van der Waals surface area contributed by atoms with Crippen LogP contribution in [0.15, 0.2) is 53.1 Å². The Balaban J connectivity index is 1.64. The molecule has 1 heterocycles. The number of halogens is 2. The molecule has 0 saturated heterocycles. The maximum absolute atomic E-state index is 12.9. The molecule has 0 saturated carbocycles. The summed E-state index contributed by atoms with van der Waals surface area (Å²) in [6.45, 7) is -0.142. The number of nitrogens with zero attached hydrogens (tertiary/aromatic N) is 2. The van der Waals surface area contributed by atoms with Crippen LogP contribution in [0.5, 0.6) is 0 Å². The number of aromatic nitrogens is 2. The molecule has 0 aliphatic rings. The van der Waals surface area contributed by atoms with E-state index in [-0.39, 0.29) is 18.2 Å². The van der Waals surface area contributed by atoms with Gasteiger partial charge in [-0.1, -0.05) is 41.0 Å². The third-order valence-corrected chi connectivity index (χ3v) is 4.80. The van der Waals surface area contributed by atoms with E-state index < -0.39 is 15.8 Å². The van der Waals surface area contributed by atoms with Crippen LogP contribution in [0.3, 0.4) is 0 Å². The molecule has 0 amide bonds. The highest BCUT2D eigenvalue weighted by atomic mass is 35.5. The number of nitrogens with one attached hydrogen (secondary N) is 1. The maximum atomic E-state index is 12.9. The molecule has 0 aliphatic carbocycles. The van der Waals surface area contributed by atoms with E-state index in [1.165, 1.54) is 24.3 Å². The maximum Gasteiger partial charge on any atom is 0.242 e. The molecule has 25 heavy (non-hydrogen) atoms. The molecular weight excluding hydrogens is 369 g/mol. The van der Waals surface area contributed by atoms with E-state index in [1.807, 2.05) is 0 Å². The fourth-order valence-electron chi connectivity index (χ4n) is 2.09. The standard InChI is InChI=1S/C16H13ClFN3O3S/c17-13-3-1-2-12(8-13)16-20-15(24-21-16)9-19-25(22,23)10-11-4-6-14(18)7-5-11/h1-8,19H,9-10H2. The van der Waals surface area contributed by atoms with Gasteiger partial charge in [-0.3, -0.25) is 0 Å². The molecule has 0 radical (unpaired) electrons. The molecule has 1 N–H and O–H groups in total. The summed E-state index contributed by atoms with van der Waals surface area (Å²) in [4.78, 5) is 4.13. The lowest BCUT2D eigenvalue weighted by atomic mass is 10.2. The van der Waals surface area contributed by atoms with Gasteiger partial charge in [0.25, 0.3) is 0 Å². The third-order valence-electron chi connectivity index (χ3n) is 3.26. The average molecular weight is 382 g/mol. The van der Waals surface area contributed by atoms with Crippen LogP contribution in [0.4, 0.5) is 4.39 Å². The largest absolute Gasteiger partial charge is 0.338 e. The van der Waals surface area contributed by atoms with Crippen LogP contribution in [0.2, 0.25) is 5.02 Å². The molecule has 3 aromatic rings. The molecule has 3 rings (SSSR count). The van der Waals surface area contributed by atoms with E-state index in [4.69, 9.17) is 16.1 Å². The second-order valence-electron chi connectivity index (χ2n) is 5.23. The van der Waals surface area contributed by atoms with Crippen molar-refractivity contribution in [2.24, 2.45) is 0 Å². The van der Waals surface area contributed by atoms with Gasteiger partial charge < -0.3 is 4.52 Å². The number of rotatable bonds is 6. The monoisotopic (exact) mass is 381 g/mol. The van der Waals surface area contributed by atoms with Gasteiger partial charge in [-0.05, 0) is 29.8 Å². The lowest BCUT2D eigenvalue weighted by molar-refractivity contribution is 0.376. The number of hydrogen-bond donors (Lipinski definition) is 1. The van der Waals surface area contributed by atoms with E-state index in [0.717, 1.165) is 0 Å². The first-order chi connectivity index (χ1) is 11.9. The number of benzene rings is 2. The minimum Gasteiger partial charge on any atom is -0.338 e. The summed E-state index contributed by atoms with van der Waals surface area (Å²) < 4.78 is 44.4. The zero-order valence-corrected chi connectivity index (χ0v) is 14.4. The van der Waals surface area contributed by atoms with Crippen LogP contribution >= 0.6 is 11.6 Å². The van der Waals surface area contributed by atoms with Gasteiger partial charge >= 0.3 is 0 Å². The predicted octanol–water partition coefficient (Wildman–Crippen LogP) is 3.15. The van der Waals surface area contributed by atoms with Crippen molar-refractivity contribution in [2.45, 2.75) is 12.3 Å². The van der Waals surface area contributed by atoms with Gasteiger partial charge in [-0.15, -0.1) is 0 Å². The van der Waals surface area contributed by atoms with Crippen molar-refractivity contribution in [3.05, 3.63) is 70.8 Å². The summed E-state index contributed by atoms with van der Waals surface area (Å²) in [5.41, 5.74) is 1.13. The van der Waals surface area contributed by atoms with Crippen molar-refractivity contribution < 1.29 is 17.3 Å². The van der Waals surface area contributed by atoms with Crippen molar-refractivity contribution in [2.75, 3.05) is 0 Å². The van der Waals surface area contributed by atoms with Gasteiger partial charge in [-0.25, -0.2) is 17.5 Å². The molecule has 130 valence electrons. The summed E-state index contributed by atoms with van der Waals surface area (Å²) in [6.07, 6.45) is 0. The van der Waals surface area contributed by atoms with Crippen LogP contribution in [0.25, 0.3) is 11.4 Å². The van der Waals surface area contributed by atoms with Gasteiger partial charge in [0.1, 0.15) is 5.82 Å². The Kier molecular flexibility index (Phi) is 5.12. The van der Waals surface area contributed by atoms with Crippen molar-refractivity contribution in [3.63, 3.8) is 0 Å². The Labute approximate surface area is 148 Å². The summed E-state index contributed by atoms with van der Waals surface area (Å²) >= 11 is 5.91. The summed E-state index contributed by atoms with van der Waals surface area (Å²) in [7, 11) is -3.63. The predicted molar refractivity (Wildman–Crippen MR) is 90.6 cm³/mol. The Morgan fingerprint density at radius 2 is 1.92 bits per heavy atom. The van der Waals surface area contributed by atoms with Gasteiger partial charge in [-0.2, -0.15) is 4.98 Å². The number of hydrogen-bond acceptors (Lipinski definition) is 5. The molecule has 0 aliphatic heterocycles. The first-order valence-electron chi connectivity index (χ1n) is 7.22. The highest BCUT2D eigenvalue weighted by Crippen LogP contribution is 2.20. The summed E-state index contributed by atoms with van der Waals surface area (Å²) in [5.74, 6) is -0.260. The average Bonchev–Trinajstić information content (AvgIpc) is 3.04. The molecule has 0 bridgehead atoms. The minimum atomic E-state index is -3.63. The first-order valence-corrected chi connectivity index (χ1v) is 9.25. The molecule has 0 fully saturated rings. The zero-order valence-electron chi connectivity index (χ0n) is 12.8. The van der Waals surface area contributed by atoms with Gasteiger partial charge in [0, 0.05) is 10.6 Å². The lowest BCUT2D eigenvalue weighted by Crippen LogP contribution is -2.24. The second kappa shape index (κ2) is 7.30. The zero-order chi connectivity index (χ0) is 17.9. The highest BCUT2D eigenvalue weighted by molar-refractivity contribution is 7.88. The second-order valence-corrected chi connectivity index (χ2v) is 7.47. The normalized spacial score (nSPS) is 11.6. The van der Waals surface area contributed by atoms with E-state index in [1.54, 1.807) is 24.3 Å². The Hall–Kier alpha value is -2.29. The molecule has 2 aromatic carbocycles. The summed E-state index contributed by atoms with van der Waals surface area (Å²) in [5, 5.41) is 4.33. The van der Waals surface area contributed by atoms with Crippen LogP contribution < -0.4 is 4.72 Å². The van der Waals surface area contributed by atoms with E-state index in [2.05, 4.69) is 14.9 Å². The van der Waals surface area contributed by atoms with Crippen LogP contribution in [-0.4, -0.2) is 18.6 Å². The molecule has 9 heteroatoms. The fourth-order valence-corrected chi connectivity index (χ4v) is 3.36. The quantitative estimate of drug-likeness (QED) is 0.709. The lowest BCUT2D eigenvalue weighted by Gasteiger charge is -2.04. The Morgan fingerprint density at radius 3 is 2.64 bits per heavy atom. The van der Waals surface area contributed by atoms with Crippen LogP contribution in [0, 0.1) is 5.82 Å². The minimum absolute atomic E-state index is 0.123. The molecule has 1 aromatic heterocycles. The van der Waals surface area contributed by atoms with Crippen LogP contribution in [-0.2, 0) is 22.3 Å². The molecular formula is C16H13ClFN3O3S. The Morgan fingerprint density at radius 1 is 1.16 bits per heavy atom. The topological polar surface area (TPSA) is 85.1 Å². The smallest absolute Gasteiger partial charge is 0.242 e. The van der Waals surface area contributed by atoms with Gasteiger partial charge in [0.05, 0.1) is 12.3 Å². The van der Waals surface area contributed by atoms with Crippen molar-refractivity contribution in [1.82, 2.24) is 14.9 Å². The molecule has 0 unspecified atom stereocenters. The Bertz CT molecular complexity index is 974. The van der Waals surface area contributed by atoms with Gasteiger partial charge in [0.2, 0.25) is 21.7 Å². The molecule has 6 nitrogen and oxygen atoms in total. The van der Waals surface area contributed by atoms with Crippen molar-refractivity contribution in [3.8, 4) is 11.4 Å². The fraction of sp³-hybridized carbons (Fsp3) is 0.125. The van der Waals surface area contributed by atoms with E-state index >= 15 is 0 Å². The van der Waals surface area contributed by atoms with Crippen molar-refractivity contribution in [1.29, 1.82) is 0 Å². The van der Waals surface area contributed by atoms with E-state index in [9.17, 15) is 12.8 Å². The van der Waals surface area contributed by atoms with Crippen LogP contribution in [0.1, 0.15) is 11.5 Å².